The van der Waals surface area contributed by atoms with Gasteiger partial charge in [-0.1, -0.05) is 0 Å². The zero-order chi connectivity index (χ0) is 25.0. The largest absolute Gasteiger partial charge is 0.478 e. The number of rotatable bonds is 8. The van der Waals surface area contributed by atoms with Crippen LogP contribution in [0.15, 0.2) is 64.7 Å². The zero-order valence-electron chi connectivity index (χ0n) is 17.8. The van der Waals surface area contributed by atoms with Gasteiger partial charge in [0.1, 0.15) is 17.2 Å². The van der Waals surface area contributed by atoms with E-state index in [4.69, 9.17) is 9.84 Å². The van der Waals surface area contributed by atoms with E-state index in [1.807, 2.05) is 0 Å². The fourth-order valence-electron chi connectivity index (χ4n) is 2.82. The Morgan fingerprint density at radius 1 is 1.18 bits per heavy atom. The number of carboxylic acids is 1. The maximum atomic E-state index is 14.6. The predicted octanol–water partition coefficient (Wildman–Crippen LogP) is 2.09. The standard InChI is InChI=1S/C21H18F2N4O6S/c1-12-3-5-14(11-25-12)34(31,32)18-10-16(21(24-2)33-20(30)8-7-19(28)29)26-27(18)17-6-4-13(22)9-15(17)23/h3-11,21,24H,1-2H3,(H,28,29)/b8-7+. The van der Waals surface area contributed by atoms with Crippen molar-refractivity contribution in [3.8, 4) is 5.69 Å². The van der Waals surface area contributed by atoms with Crippen LogP contribution in [0.2, 0.25) is 0 Å². The van der Waals surface area contributed by atoms with Gasteiger partial charge in [0.05, 0.1) is 4.90 Å². The summed E-state index contributed by atoms with van der Waals surface area (Å²) in [5.41, 5.74) is 0.0366. The molecule has 2 aromatic heterocycles. The Labute approximate surface area is 192 Å². The summed E-state index contributed by atoms with van der Waals surface area (Å²) in [6.45, 7) is 1.66. The van der Waals surface area contributed by atoms with E-state index in [0.29, 0.717) is 23.9 Å². The summed E-state index contributed by atoms with van der Waals surface area (Å²) in [4.78, 5) is 26.3. The summed E-state index contributed by atoms with van der Waals surface area (Å²) in [6, 6.07) is 6.32. The van der Waals surface area contributed by atoms with Crippen LogP contribution in [0.25, 0.3) is 5.69 Å². The van der Waals surface area contributed by atoms with E-state index in [1.165, 1.54) is 19.2 Å². The summed E-state index contributed by atoms with van der Waals surface area (Å²) in [5.74, 6) is -4.41. The Morgan fingerprint density at radius 2 is 1.91 bits per heavy atom. The third-order valence-electron chi connectivity index (χ3n) is 4.43. The molecule has 0 saturated carbocycles. The Morgan fingerprint density at radius 3 is 2.50 bits per heavy atom. The van der Waals surface area contributed by atoms with E-state index in [-0.39, 0.29) is 16.3 Å². The van der Waals surface area contributed by atoms with Gasteiger partial charge >= 0.3 is 11.9 Å². The van der Waals surface area contributed by atoms with Crippen LogP contribution in [-0.4, -0.2) is 47.3 Å². The number of aliphatic carboxylic acids is 1. The summed E-state index contributed by atoms with van der Waals surface area (Å²) >= 11 is 0. The van der Waals surface area contributed by atoms with Crippen molar-refractivity contribution < 1.29 is 36.6 Å². The minimum Gasteiger partial charge on any atom is -0.478 e. The van der Waals surface area contributed by atoms with E-state index in [9.17, 15) is 26.8 Å². The number of halogens is 2. The highest BCUT2D eigenvalue weighted by atomic mass is 32.2. The molecule has 0 aliphatic rings. The summed E-state index contributed by atoms with van der Waals surface area (Å²) in [6.07, 6.45) is 0.997. The first-order valence-electron chi connectivity index (χ1n) is 9.55. The van der Waals surface area contributed by atoms with Crippen LogP contribution in [0.3, 0.4) is 0 Å². The number of aryl methyl sites for hydroxylation is 1. The van der Waals surface area contributed by atoms with Crippen LogP contribution in [0.5, 0.6) is 0 Å². The molecule has 13 heteroatoms. The topological polar surface area (TPSA) is 140 Å². The van der Waals surface area contributed by atoms with E-state index in [2.05, 4.69) is 15.4 Å². The number of sulfone groups is 1. The Balaban J connectivity index is 2.15. The van der Waals surface area contributed by atoms with Crippen molar-refractivity contribution in [2.24, 2.45) is 0 Å². The maximum absolute atomic E-state index is 14.6. The number of benzene rings is 1. The number of carbonyl (C=O) groups excluding carboxylic acids is 1. The number of carbonyl (C=O) groups is 2. The molecule has 0 radical (unpaired) electrons. The number of hydrogen-bond donors (Lipinski definition) is 2. The van der Waals surface area contributed by atoms with E-state index in [0.717, 1.165) is 29.1 Å². The third kappa shape index (κ3) is 5.32. The maximum Gasteiger partial charge on any atom is 0.332 e. The van der Waals surface area contributed by atoms with Crippen molar-refractivity contribution in [1.82, 2.24) is 20.1 Å². The minimum atomic E-state index is -4.31. The average Bonchev–Trinajstić information content (AvgIpc) is 3.22. The number of hydrogen-bond acceptors (Lipinski definition) is 8. The summed E-state index contributed by atoms with van der Waals surface area (Å²) < 4.78 is 60.5. The van der Waals surface area contributed by atoms with Gasteiger partial charge in [-0.2, -0.15) is 5.10 Å². The molecule has 1 atom stereocenters. The molecule has 2 heterocycles. The second kappa shape index (κ2) is 9.89. The smallest absolute Gasteiger partial charge is 0.332 e. The number of ether oxygens (including phenoxy) is 1. The van der Waals surface area contributed by atoms with Gasteiger partial charge in [0.25, 0.3) is 0 Å². The molecule has 178 valence electrons. The fourth-order valence-corrected chi connectivity index (χ4v) is 4.15. The number of esters is 1. The summed E-state index contributed by atoms with van der Waals surface area (Å²) in [5, 5.41) is 14.8. The van der Waals surface area contributed by atoms with Gasteiger partial charge in [-0.15, -0.1) is 0 Å². The van der Waals surface area contributed by atoms with Crippen molar-refractivity contribution in [2.45, 2.75) is 23.1 Å². The molecule has 3 rings (SSSR count). The zero-order valence-corrected chi connectivity index (χ0v) is 18.6. The highest BCUT2D eigenvalue weighted by molar-refractivity contribution is 7.91. The van der Waals surface area contributed by atoms with E-state index in [1.54, 1.807) is 6.92 Å². The molecule has 3 aromatic rings. The van der Waals surface area contributed by atoms with E-state index < -0.39 is 44.7 Å². The molecule has 0 aliphatic heterocycles. The molecular weight excluding hydrogens is 474 g/mol. The van der Waals surface area contributed by atoms with E-state index >= 15 is 0 Å². The third-order valence-corrected chi connectivity index (χ3v) is 6.13. The number of nitrogens with zero attached hydrogens (tertiary/aromatic N) is 3. The normalized spacial score (nSPS) is 12.6. The van der Waals surface area contributed by atoms with Crippen LogP contribution in [0.4, 0.5) is 8.78 Å². The molecule has 2 N–H and O–H groups in total. The van der Waals surface area contributed by atoms with Crippen molar-refractivity contribution in [1.29, 1.82) is 0 Å². The molecule has 1 aromatic carbocycles. The Hall–Kier alpha value is -3.97. The number of pyridine rings is 1. The molecule has 0 amide bonds. The van der Waals surface area contributed by atoms with Crippen molar-refractivity contribution in [3.63, 3.8) is 0 Å². The number of aromatic nitrogens is 3. The van der Waals surface area contributed by atoms with Gasteiger partial charge in [0.2, 0.25) is 9.84 Å². The SMILES string of the molecule is CNC(OC(=O)/C=C/C(=O)O)c1cc(S(=O)(=O)c2ccc(C)nc2)n(-c2ccc(F)cc2F)n1. The average molecular weight is 492 g/mol. The molecular formula is C21H18F2N4O6S. The van der Waals surface area contributed by atoms with Gasteiger partial charge in [-0.25, -0.2) is 31.5 Å². The lowest BCUT2D eigenvalue weighted by atomic mass is 10.3. The van der Waals surface area contributed by atoms with Crippen LogP contribution in [0.1, 0.15) is 17.6 Å². The number of carboxylic acid groups (broad SMARTS) is 1. The number of nitrogens with one attached hydrogen (secondary N) is 1. The van der Waals surface area contributed by atoms with Crippen LogP contribution >= 0.6 is 0 Å². The van der Waals surface area contributed by atoms with Gasteiger partial charge in [-0.3, -0.25) is 10.3 Å². The molecule has 0 saturated heterocycles. The Bertz CT molecular complexity index is 1370. The lowest BCUT2D eigenvalue weighted by Crippen LogP contribution is -2.23. The minimum absolute atomic E-state index is 0.151. The molecule has 0 fully saturated rings. The highest BCUT2D eigenvalue weighted by Crippen LogP contribution is 2.28. The first kappa shape index (κ1) is 24.7. The van der Waals surface area contributed by atoms with Gasteiger partial charge in [-0.05, 0) is 38.2 Å². The second-order valence-corrected chi connectivity index (χ2v) is 8.73. The Kier molecular flexibility index (Phi) is 7.17. The van der Waals surface area contributed by atoms with Gasteiger partial charge < -0.3 is 9.84 Å². The molecule has 1 unspecified atom stereocenters. The second-order valence-electron chi connectivity index (χ2n) is 6.83. The highest BCUT2D eigenvalue weighted by Gasteiger charge is 2.29. The molecule has 0 spiro atoms. The monoisotopic (exact) mass is 492 g/mol. The summed E-state index contributed by atoms with van der Waals surface area (Å²) in [7, 11) is -2.95. The lowest BCUT2D eigenvalue weighted by Gasteiger charge is -2.13. The van der Waals surface area contributed by atoms with Crippen molar-refractivity contribution >= 4 is 21.8 Å². The molecule has 0 bridgehead atoms. The fraction of sp³-hybridized carbons (Fsp3) is 0.143. The molecule has 10 nitrogen and oxygen atoms in total. The van der Waals surface area contributed by atoms with Crippen LogP contribution in [0, 0.1) is 18.6 Å². The van der Waals surface area contributed by atoms with Gasteiger partial charge in [0, 0.05) is 36.2 Å². The van der Waals surface area contributed by atoms with Crippen LogP contribution in [-0.2, 0) is 24.2 Å². The van der Waals surface area contributed by atoms with Crippen molar-refractivity contribution in [2.75, 3.05) is 7.05 Å². The first-order chi connectivity index (χ1) is 16.0. The molecule has 0 aliphatic carbocycles. The van der Waals surface area contributed by atoms with Crippen LogP contribution < -0.4 is 5.32 Å². The van der Waals surface area contributed by atoms with Crippen molar-refractivity contribution in [3.05, 3.63) is 77.8 Å². The van der Waals surface area contributed by atoms with Gasteiger partial charge in [0.15, 0.2) is 17.1 Å². The molecule has 34 heavy (non-hydrogen) atoms. The first-order valence-corrected chi connectivity index (χ1v) is 11.0. The quantitative estimate of drug-likeness (QED) is 0.275. The lowest BCUT2D eigenvalue weighted by molar-refractivity contribution is -0.145. The predicted molar refractivity (Wildman–Crippen MR) is 113 cm³/mol.